The molecule has 1 atom stereocenters. The van der Waals surface area contributed by atoms with Gasteiger partial charge in [0.15, 0.2) is 0 Å². The van der Waals surface area contributed by atoms with Gasteiger partial charge < -0.3 is 5.32 Å². The molecule has 1 heterocycles. The molecule has 0 amide bonds. The average molecular weight is 233 g/mol. The summed E-state index contributed by atoms with van der Waals surface area (Å²) in [6.07, 6.45) is 2.64. The van der Waals surface area contributed by atoms with Crippen LogP contribution in [0.25, 0.3) is 0 Å². The van der Waals surface area contributed by atoms with Crippen LogP contribution in [-0.2, 0) is 13.5 Å². The first-order chi connectivity index (χ1) is 8.19. The predicted octanol–water partition coefficient (Wildman–Crippen LogP) is 2.06. The Morgan fingerprint density at radius 1 is 1.41 bits per heavy atom. The van der Waals surface area contributed by atoms with E-state index in [1.165, 1.54) is 6.07 Å². The van der Waals surface area contributed by atoms with Crippen molar-refractivity contribution < 1.29 is 4.39 Å². The van der Waals surface area contributed by atoms with Crippen LogP contribution in [0.3, 0.4) is 0 Å². The Hall–Kier alpha value is -1.68. The third kappa shape index (κ3) is 2.91. The van der Waals surface area contributed by atoms with Gasteiger partial charge >= 0.3 is 0 Å². The van der Waals surface area contributed by atoms with Crippen LogP contribution in [0.2, 0.25) is 0 Å². The van der Waals surface area contributed by atoms with Crippen molar-refractivity contribution in [1.82, 2.24) is 15.1 Å². The van der Waals surface area contributed by atoms with Crippen molar-refractivity contribution in [1.29, 1.82) is 0 Å². The first-order valence-corrected chi connectivity index (χ1v) is 5.60. The zero-order chi connectivity index (χ0) is 12.3. The van der Waals surface area contributed by atoms with Crippen molar-refractivity contribution in [2.75, 3.05) is 7.05 Å². The molecule has 0 saturated heterocycles. The average Bonchev–Trinajstić information content (AvgIpc) is 2.73. The topological polar surface area (TPSA) is 29.9 Å². The zero-order valence-corrected chi connectivity index (χ0v) is 10.0. The maximum absolute atomic E-state index is 13.1. The van der Waals surface area contributed by atoms with Crippen LogP contribution < -0.4 is 5.32 Å². The van der Waals surface area contributed by atoms with Gasteiger partial charge in [0.2, 0.25) is 0 Å². The standard InChI is InChI=1S/C13H16FN3/c1-15-13(12-6-7-17(2)16-12)9-10-4-3-5-11(14)8-10/h3-8,13,15H,9H2,1-2H3. The van der Waals surface area contributed by atoms with Crippen LogP contribution in [-0.4, -0.2) is 16.8 Å². The number of aryl methyl sites for hydroxylation is 1. The quantitative estimate of drug-likeness (QED) is 0.876. The Balaban J connectivity index is 2.15. The number of hydrogen-bond donors (Lipinski definition) is 1. The lowest BCUT2D eigenvalue weighted by Crippen LogP contribution is -2.19. The van der Waals surface area contributed by atoms with E-state index in [1.807, 2.05) is 32.4 Å². The molecule has 0 aliphatic rings. The second-order valence-electron chi connectivity index (χ2n) is 4.09. The number of halogens is 1. The molecule has 2 aromatic rings. The molecular formula is C13H16FN3. The fraction of sp³-hybridized carbons (Fsp3) is 0.308. The highest BCUT2D eigenvalue weighted by Gasteiger charge is 2.12. The minimum Gasteiger partial charge on any atom is -0.311 e. The summed E-state index contributed by atoms with van der Waals surface area (Å²) in [7, 11) is 3.77. The molecule has 0 saturated carbocycles. The number of aromatic nitrogens is 2. The summed E-state index contributed by atoms with van der Waals surface area (Å²) in [6, 6.07) is 8.76. The van der Waals surface area contributed by atoms with Crippen LogP contribution in [0.15, 0.2) is 36.5 Å². The van der Waals surface area contributed by atoms with E-state index in [0.29, 0.717) is 0 Å². The van der Waals surface area contributed by atoms with Crippen molar-refractivity contribution in [3.05, 3.63) is 53.6 Å². The van der Waals surface area contributed by atoms with Gasteiger partial charge in [-0.15, -0.1) is 0 Å². The molecule has 0 aliphatic carbocycles. The van der Waals surface area contributed by atoms with E-state index in [9.17, 15) is 4.39 Å². The highest BCUT2D eigenvalue weighted by molar-refractivity contribution is 5.19. The first-order valence-electron chi connectivity index (χ1n) is 5.60. The molecule has 17 heavy (non-hydrogen) atoms. The maximum atomic E-state index is 13.1. The van der Waals surface area contributed by atoms with E-state index in [4.69, 9.17) is 0 Å². The molecule has 3 nitrogen and oxygen atoms in total. The Morgan fingerprint density at radius 2 is 2.24 bits per heavy atom. The Morgan fingerprint density at radius 3 is 2.82 bits per heavy atom. The molecule has 2 rings (SSSR count). The number of nitrogens with one attached hydrogen (secondary N) is 1. The third-order valence-electron chi connectivity index (χ3n) is 2.77. The minimum absolute atomic E-state index is 0.109. The van der Waals surface area contributed by atoms with Crippen LogP contribution in [0.4, 0.5) is 4.39 Å². The molecule has 1 aromatic heterocycles. The van der Waals surface area contributed by atoms with Gasteiger partial charge in [-0.25, -0.2) is 4.39 Å². The molecule has 4 heteroatoms. The number of nitrogens with zero attached hydrogens (tertiary/aromatic N) is 2. The predicted molar refractivity (Wildman–Crippen MR) is 65.1 cm³/mol. The van der Waals surface area contributed by atoms with Gasteiger partial charge in [0.25, 0.3) is 0 Å². The van der Waals surface area contributed by atoms with Crippen molar-refractivity contribution in [2.24, 2.45) is 7.05 Å². The first kappa shape index (κ1) is 11.8. The maximum Gasteiger partial charge on any atom is 0.123 e. The molecule has 0 spiro atoms. The molecule has 0 aliphatic heterocycles. The van der Waals surface area contributed by atoms with E-state index in [-0.39, 0.29) is 11.9 Å². The normalized spacial score (nSPS) is 12.6. The molecule has 0 bridgehead atoms. The minimum atomic E-state index is -0.196. The van der Waals surface area contributed by atoms with Gasteiger partial charge in [-0.1, -0.05) is 12.1 Å². The summed E-state index contributed by atoms with van der Waals surface area (Å²) in [6.45, 7) is 0. The lowest BCUT2D eigenvalue weighted by molar-refractivity contribution is 0.559. The lowest BCUT2D eigenvalue weighted by Gasteiger charge is -2.13. The summed E-state index contributed by atoms with van der Waals surface area (Å²) in [5.74, 6) is -0.196. The molecule has 0 radical (unpaired) electrons. The number of rotatable bonds is 4. The van der Waals surface area contributed by atoms with Crippen LogP contribution >= 0.6 is 0 Å². The van der Waals surface area contributed by atoms with Gasteiger partial charge in [-0.05, 0) is 37.2 Å². The third-order valence-corrected chi connectivity index (χ3v) is 2.77. The van der Waals surface area contributed by atoms with Crippen molar-refractivity contribution in [3.63, 3.8) is 0 Å². The SMILES string of the molecule is CNC(Cc1cccc(F)c1)c1ccn(C)n1. The fourth-order valence-corrected chi connectivity index (χ4v) is 1.87. The molecular weight excluding hydrogens is 217 g/mol. The number of hydrogen-bond acceptors (Lipinski definition) is 2. The fourth-order valence-electron chi connectivity index (χ4n) is 1.87. The zero-order valence-electron chi connectivity index (χ0n) is 10.0. The van der Waals surface area contributed by atoms with E-state index in [0.717, 1.165) is 17.7 Å². The van der Waals surface area contributed by atoms with Crippen molar-refractivity contribution in [2.45, 2.75) is 12.5 Å². The van der Waals surface area contributed by atoms with Gasteiger partial charge in [-0.3, -0.25) is 4.68 Å². The summed E-state index contributed by atoms with van der Waals surface area (Å²) < 4.78 is 14.9. The van der Waals surface area contributed by atoms with Crippen molar-refractivity contribution in [3.8, 4) is 0 Å². The number of likely N-dealkylation sites (N-methyl/N-ethyl adjacent to an activating group) is 1. The van der Waals surface area contributed by atoms with Gasteiger partial charge in [0.05, 0.1) is 11.7 Å². The van der Waals surface area contributed by atoms with E-state index < -0.39 is 0 Å². The van der Waals surface area contributed by atoms with Crippen LogP contribution in [0.1, 0.15) is 17.3 Å². The summed E-state index contributed by atoms with van der Waals surface area (Å²) in [5.41, 5.74) is 1.94. The highest BCUT2D eigenvalue weighted by atomic mass is 19.1. The monoisotopic (exact) mass is 233 g/mol. The van der Waals surface area contributed by atoms with Gasteiger partial charge in [0, 0.05) is 13.2 Å². The van der Waals surface area contributed by atoms with Gasteiger partial charge in [0.1, 0.15) is 5.82 Å². The lowest BCUT2D eigenvalue weighted by atomic mass is 10.0. The molecule has 0 fully saturated rings. The largest absolute Gasteiger partial charge is 0.311 e. The molecule has 90 valence electrons. The summed E-state index contributed by atoms with van der Waals surface area (Å²) in [5, 5.41) is 7.56. The Labute approximate surface area is 100 Å². The van der Waals surface area contributed by atoms with E-state index >= 15 is 0 Å². The van der Waals surface area contributed by atoms with Crippen LogP contribution in [0.5, 0.6) is 0 Å². The Bertz CT molecular complexity index is 493. The molecule has 1 aromatic carbocycles. The van der Waals surface area contributed by atoms with Crippen molar-refractivity contribution >= 4 is 0 Å². The second kappa shape index (κ2) is 5.10. The van der Waals surface area contributed by atoms with E-state index in [2.05, 4.69) is 10.4 Å². The summed E-state index contributed by atoms with van der Waals surface area (Å²) >= 11 is 0. The molecule has 1 N–H and O–H groups in total. The Kier molecular flexibility index (Phi) is 3.54. The second-order valence-corrected chi connectivity index (χ2v) is 4.09. The van der Waals surface area contributed by atoms with Crippen LogP contribution in [0, 0.1) is 5.82 Å². The molecule has 1 unspecified atom stereocenters. The van der Waals surface area contributed by atoms with Gasteiger partial charge in [-0.2, -0.15) is 5.10 Å². The van der Waals surface area contributed by atoms with E-state index in [1.54, 1.807) is 16.8 Å². The number of benzene rings is 1. The summed E-state index contributed by atoms with van der Waals surface area (Å²) in [4.78, 5) is 0. The highest BCUT2D eigenvalue weighted by Crippen LogP contribution is 2.16. The smallest absolute Gasteiger partial charge is 0.123 e.